The van der Waals surface area contributed by atoms with Crippen molar-refractivity contribution in [2.75, 3.05) is 7.05 Å². The third-order valence-electron chi connectivity index (χ3n) is 0.985. The van der Waals surface area contributed by atoms with E-state index >= 15 is 0 Å². The van der Waals surface area contributed by atoms with E-state index in [9.17, 15) is 0 Å². The highest BCUT2D eigenvalue weighted by atomic mass is 15.5. The van der Waals surface area contributed by atoms with E-state index in [2.05, 4.69) is 5.43 Å². The van der Waals surface area contributed by atoms with Crippen LogP contribution in [0.3, 0.4) is 0 Å². The van der Waals surface area contributed by atoms with Gasteiger partial charge in [0.1, 0.15) is 11.8 Å². The van der Waals surface area contributed by atoms with E-state index in [0.717, 1.165) is 0 Å². The molecule has 41 valence electrons. The number of nitrogens with one attached hydrogen (secondary N) is 1. The molecular weight excluding hydrogens is 102 g/mol. The number of nitrogens with zero attached hydrogens (tertiary/aromatic N) is 2. The molecule has 0 amide bonds. The minimum absolute atomic E-state index is 0.644. The fourth-order valence-corrected chi connectivity index (χ4v) is 0.522. The van der Waals surface area contributed by atoms with E-state index in [1.165, 1.54) is 0 Å². The van der Waals surface area contributed by atoms with Crippen LogP contribution in [-0.4, -0.2) is 12.1 Å². The molecule has 0 saturated heterocycles. The summed E-state index contributed by atoms with van der Waals surface area (Å²) in [5.41, 5.74) is 3.46. The SMILES string of the molecule is CN1N[CH]C=C1C#N. The van der Waals surface area contributed by atoms with Crippen molar-refractivity contribution in [2.24, 2.45) is 0 Å². The van der Waals surface area contributed by atoms with Gasteiger partial charge >= 0.3 is 0 Å². The minimum atomic E-state index is 0.644. The van der Waals surface area contributed by atoms with Gasteiger partial charge in [-0.25, -0.2) is 5.43 Å². The van der Waals surface area contributed by atoms with Gasteiger partial charge in [-0.2, -0.15) is 5.26 Å². The van der Waals surface area contributed by atoms with Gasteiger partial charge in [-0.1, -0.05) is 0 Å². The number of rotatable bonds is 0. The first kappa shape index (κ1) is 5.13. The van der Waals surface area contributed by atoms with Crippen molar-refractivity contribution in [1.29, 1.82) is 5.26 Å². The molecule has 0 bridgehead atoms. The van der Waals surface area contributed by atoms with Crippen LogP contribution in [0.1, 0.15) is 0 Å². The van der Waals surface area contributed by atoms with Gasteiger partial charge in [0, 0.05) is 7.05 Å². The molecule has 1 rings (SSSR count). The summed E-state index contributed by atoms with van der Waals surface area (Å²) in [6.45, 7) is 1.72. The molecule has 1 heterocycles. The van der Waals surface area contributed by atoms with E-state index in [0.29, 0.717) is 5.70 Å². The summed E-state index contributed by atoms with van der Waals surface area (Å²) in [4.78, 5) is 0. The Bertz CT molecular complexity index is 154. The number of hydrogen-bond acceptors (Lipinski definition) is 3. The van der Waals surface area contributed by atoms with Gasteiger partial charge in [0.2, 0.25) is 0 Å². The first-order valence-electron chi connectivity index (χ1n) is 2.28. The number of hydrazine groups is 1. The predicted octanol–water partition coefficient (Wildman–Crippen LogP) is 0.00567. The molecule has 0 aromatic heterocycles. The van der Waals surface area contributed by atoms with Crippen LogP contribution in [0, 0.1) is 17.9 Å². The lowest BCUT2D eigenvalue weighted by atomic mass is 10.4. The molecule has 3 heteroatoms. The zero-order valence-electron chi connectivity index (χ0n) is 4.55. The molecule has 1 aliphatic rings. The van der Waals surface area contributed by atoms with Crippen LogP contribution < -0.4 is 5.43 Å². The summed E-state index contributed by atoms with van der Waals surface area (Å²) in [5.74, 6) is 0. The van der Waals surface area contributed by atoms with Crippen LogP contribution in [0.4, 0.5) is 0 Å². The maximum atomic E-state index is 8.32. The summed E-state index contributed by atoms with van der Waals surface area (Å²) in [6.07, 6.45) is 1.72. The molecule has 1 aliphatic heterocycles. The monoisotopic (exact) mass is 108 g/mol. The van der Waals surface area contributed by atoms with Crippen molar-refractivity contribution in [2.45, 2.75) is 0 Å². The molecule has 1 N–H and O–H groups in total. The summed E-state index contributed by atoms with van der Waals surface area (Å²) < 4.78 is 0. The van der Waals surface area contributed by atoms with Gasteiger partial charge in [-0.15, -0.1) is 0 Å². The summed E-state index contributed by atoms with van der Waals surface area (Å²) in [5, 5.41) is 9.97. The van der Waals surface area contributed by atoms with E-state index in [4.69, 9.17) is 5.26 Å². The molecule has 0 aliphatic carbocycles. The van der Waals surface area contributed by atoms with Crippen molar-refractivity contribution in [3.63, 3.8) is 0 Å². The number of nitriles is 1. The standard InChI is InChI=1S/C5H6N3/c1-8-5(4-6)2-3-7-8/h2-3,7H,1H3. The number of hydrogen-bond donors (Lipinski definition) is 1. The second kappa shape index (κ2) is 1.85. The lowest BCUT2D eigenvalue weighted by molar-refractivity contribution is 0.376. The molecule has 0 atom stereocenters. The molecule has 0 unspecified atom stereocenters. The molecule has 8 heavy (non-hydrogen) atoms. The van der Waals surface area contributed by atoms with Gasteiger partial charge in [-0.3, -0.25) is 0 Å². The van der Waals surface area contributed by atoms with Crippen molar-refractivity contribution < 1.29 is 0 Å². The van der Waals surface area contributed by atoms with E-state index in [-0.39, 0.29) is 0 Å². The van der Waals surface area contributed by atoms with Crippen molar-refractivity contribution >= 4 is 0 Å². The Morgan fingerprint density at radius 2 is 2.62 bits per heavy atom. The Morgan fingerprint density at radius 3 is 2.88 bits per heavy atom. The highest BCUT2D eigenvalue weighted by Gasteiger charge is 2.06. The lowest BCUT2D eigenvalue weighted by Crippen LogP contribution is -2.24. The smallest absolute Gasteiger partial charge is 0.127 e. The van der Waals surface area contributed by atoms with Crippen LogP contribution in [0.5, 0.6) is 0 Å². The van der Waals surface area contributed by atoms with Gasteiger partial charge < -0.3 is 5.01 Å². The van der Waals surface area contributed by atoms with Gasteiger partial charge in [0.15, 0.2) is 0 Å². The summed E-state index contributed by atoms with van der Waals surface area (Å²) in [6, 6.07) is 2.01. The predicted molar refractivity (Wildman–Crippen MR) is 28.9 cm³/mol. The van der Waals surface area contributed by atoms with Gasteiger partial charge in [0.25, 0.3) is 0 Å². The largest absolute Gasteiger partial charge is 0.301 e. The normalized spacial score (nSPS) is 18.0. The average Bonchev–Trinajstić information content (AvgIpc) is 2.14. The van der Waals surface area contributed by atoms with Crippen LogP contribution in [0.2, 0.25) is 0 Å². The molecule has 0 aromatic rings. The maximum Gasteiger partial charge on any atom is 0.127 e. The topological polar surface area (TPSA) is 39.1 Å². The third-order valence-corrected chi connectivity index (χ3v) is 0.985. The molecule has 0 saturated carbocycles. The fourth-order valence-electron chi connectivity index (χ4n) is 0.522. The van der Waals surface area contributed by atoms with Crippen LogP contribution in [0.25, 0.3) is 0 Å². The Hall–Kier alpha value is -1.01. The van der Waals surface area contributed by atoms with Crippen LogP contribution in [-0.2, 0) is 0 Å². The molecular formula is C5H6N3. The van der Waals surface area contributed by atoms with Crippen LogP contribution >= 0.6 is 0 Å². The Labute approximate surface area is 48.2 Å². The minimum Gasteiger partial charge on any atom is -0.301 e. The molecule has 1 radical (unpaired) electrons. The molecule has 0 aromatic carbocycles. The fraction of sp³-hybridized carbons (Fsp3) is 0.200. The lowest BCUT2D eigenvalue weighted by Gasteiger charge is -2.08. The highest BCUT2D eigenvalue weighted by molar-refractivity contribution is 5.24. The number of allylic oxidation sites excluding steroid dienone is 1. The molecule has 0 spiro atoms. The quantitative estimate of drug-likeness (QED) is 0.475. The molecule has 3 nitrogen and oxygen atoms in total. The van der Waals surface area contributed by atoms with Gasteiger partial charge in [-0.05, 0) is 6.08 Å². The highest BCUT2D eigenvalue weighted by Crippen LogP contribution is 2.03. The van der Waals surface area contributed by atoms with Crippen LogP contribution in [0.15, 0.2) is 11.8 Å². The van der Waals surface area contributed by atoms with E-state index in [1.54, 1.807) is 24.7 Å². The average molecular weight is 108 g/mol. The Morgan fingerprint density at radius 1 is 1.88 bits per heavy atom. The second-order valence-corrected chi connectivity index (χ2v) is 1.52. The molecule has 0 fully saturated rings. The Balaban J connectivity index is 2.66. The van der Waals surface area contributed by atoms with Crippen molar-refractivity contribution in [1.82, 2.24) is 10.4 Å². The van der Waals surface area contributed by atoms with Crippen molar-refractivity contribution in [3.8, 4) is 6.07 Å². The zero-order chi connectivity index (χ0) is 5.98. The first-order chi connectivity index (χ1) is 3.84. The van der Waals surface area contributed by atoms with Gasteiger partial charge in [0.05, 0.1) is 6.54 Å². The summed E-state index contributed by atoms with van der Waals surface area (Å²) in [7, 11) is 1.79. The van der Waals surface area contributed by atoms with E-state index in [1.807, 2.05) is 6.07 Å². The maximum absolute atomic E-state index is 8.32. The Kier molecular flexibility index (Phi) is 1.18. The zero-order valence-corrected chi connectivity index (χ0v) is 4.55. The van der Waals surface area contributed by atoms with Crippen molar-refractivity contribution in [3.05, 3.63) is 18.3 Å². The van der Waals surface area contributed by atoms with E-state index < -0.39 is 0 Å². The first-order valence-corrected chi connectivity index (χ1v) is 2.28. The summed E-state index contributed by atoms with van der Waals surface area (Å²) >= 11 is 0. The third kappa shape index (κ3) is 0.658. The second-order valence-electron chi connectivity index (χ2n) is 1.52.